The van der Waals surface area contributed by atoms with Gasteiger partial charge in [-0.1, -0.05) is 25.5 Å². The van der Waals surface area contributed by atoms with Gasteiger partial charge in [0.2, 0.25) is 0 Å². The molecule has 0 atom stereocenters. The first-order chi connectivity index (χ1) is 6.26. The summed E-state index contributed by atoms with van der Waals surface area (Å²) < 4.78 is 0. The summed E-state index contributed by atoms with van der Waals surface area (Å²) in [5.74, 6) is 1.80. The van der Waals surface area contributed by atoms with E-state index in [9.17, 15) is 0 Å². The lowest BCUT2D eigenvalue weighted by atomic mass is 9.94. The van der Waals surface area contributed by atoms with Crippen LogP contribution in [0.15, 0.2) is 12.2 Å². The number of thiol groups is 1. The van der Waals surface area contributed by atoms with Crippen LogP contribution in [0.25, 0.3) is 0 Å². The normalized spacial score (nSPS) is 20.5. The molecule has 1 aliphatic heterocycles. The molecule has 0 N–H and O–H groups in total. The van der Waals surface area contributed by atoms with Gasteiger partial charge < -0.3 is 0 Å². The van der Waals surface area contributed by atoms with E-state index in [1.165, 1.54) is 37.9 Å². The number of nitrogens with zero attached hydrogens (tertiary/aromatic N) is 1. The second kappa shape index (κ2) is 5.71. The second-order valence-electron chi connectivity index (χ2n) is 4.04. The topological polar surface area (TPSA) is 3.24 Å². The Morgan fingerprint density at radius 2 is 2.08 bits per heavy atom. The maximum Gasteiger partial charge on any atom is 0.0198 e. The average Bonchev–Trinajstić information content (AvgIpc) is 2.19. The second-order valence-corrected chi connectivity index (χ2v) is 4.35. The molecular formula is C11H21NS. The Kier molecular flexibility index (Phi) is 4.89. The number of likely N-dealkylation sites (tertiary alicyclic amines) is 1. The zero-order chi connectivity index (χ0) is 9.68. The summed E-state index contributed by atoms with van der Waals surface area (Å²) in [6.07, 6.45) is 4.09. The van der Waals surface area contributed by atoms with E-state index in [1.54, 1.807) is 0 Å². The Hall–Kier alpha value is 0.0500. The smallest absolute Gasteiger partial charge is 0.0198 e. The predicted molar refractivity (Wildman–Crippen MR) is 62.4 cm³/mol. The van der Waals surface area contributed by atoms with Crippen LogP contribution in [0.1, 0.15) is 26.2 Å². The molecule has 0 bridgehead atoms. The molecule has 1 rings (SSSR count). The van der Waals surface area contributed by atoms with E-state index in [-0.39, 0.29) is 0 Å². The summed E-state index contributed by atoms with van der Waals surface area (Å²) in [6.45, 7) is 9.85. The monoisotopic (exact) mass is 199 g/mol. The van der Waals surface area contributed by atoms with Gasteiger partial charge in [0.25, 0.3) is 0 Å². The minimum atomic E-state index is 0.827. The van der Waals surface area contributed by atoms with E-state index < -0.39 is 0 Å². The first-order valence-corrected chi connectivity index (χ1v) is 5.89. The van der Waals surface area contributed by atoms with Gasteiger partial charge in [-0.15, -0.1) is 0 Å². The lowest BCUT2D eigenvalue weighted by Gasteiger charge is -2.31. The first-order valence-electron chi connectivity index (χ1n) is 5.26. The fourth-order valence-electron chi connectivity index (χ4n) is 1.92. The Bertz CT molecular complexity index is 159. The Balaban J connectivity index is 2.21. The van der Waals surface area contributed by atoms with Crippen LogP contribution in [0.5, 0.6) is 0 Å². The van der Waals surface area contributed by atoms with Crippen molar-refractivity contribution in [3.8, 4) is 0 Å². The summed E-state index contributed by atoms with van der Waals surface area (Å²) in [5.41, 5.74) is 1.25. The average molecular weight is 199 g/mol. The minimum absolute atomic E-state index is 0.827. The molecule has 76 valence electrons. The van der Waals surface area contributed by atoms with Crippen LogP contribution in [-0.2, 0) is 0 Å². The lowest BCUT2D eigenvalue weighted by Crippen LogP contribution is -2.34. The van der Waals surface area contributed by atoms with Gasteiger partial charge in [-0.25, -0.2) is 0 Å². The van der Waals surface area contributed by atoms with E-state index in [2.05, 4.69) is 31.0 Å². The van der Waals surface area contributed by atoms with Gasteiger partial charge >= 0.3 is 0 Å². The fourth-order valence-corrected chi connectivity index (χ4v) is 2.02. The SMILES string of the molecule is C=C(CS)CN1CCC(CC)CC1. The molecule has 13 heavy (non-hydrogen) atoms. The zero-order valence-corrected chi connectivity index (χ0v) is 9.52. The number of piperidine rings is 1. The zero-order valence-electron chi connectivity index (χ0n) is 8.63. The number of hydrogen-bond donors (Lipinski definition) is 1. The van der Waals surface area contributed by atoms with Gasteiger partial charge in [0.15, 0.2) is 0 Å². The van der Waals surface area contributed by atoms with Crippen LogP contribution in [0, 0.1) is 5.92 Å². The third-order valence-electron chi connectivity index (χ3n) is 2.96. The largest absolute Gasteiger partial charge is 0.299 e. The highest BCUT2D eigenvalue weighted by Gasteiger charge is 2.17. The standard InChI is InChI=1S/C11H21NS/c1-3-11-4-6-12(7-5-11)8-10(2)9-13/h11,13H,2-9H2,1H3. The molecule has 0 unspecified atom stereocenters. The third kappa shape index (κ3) is 3.74. The van der Waals surface area contributed by atoms with Crippen molar-refractivity contribution in [1.82, 2.24) is 4.90 Å². The van der Waals surface area contributed by atoms with Crippen LogP contribution < -0.4 is 0 Å². The third-order valence-corrected chi connectivity index (χ3v) is 3.40. The summed E-state index contributed by atoms with van der Waals surface area (Å²) >= 11 is 4.23. The van der Waals surface area contributed by atoms with Crippen molar-refractivity contribution < 1.29 is 0 Å². The first kappa shape index (κ1) is 11.1. The minimum Gasteiger partial charge on any atom is -0.299 e. The highest BCUT2D eigenvalue weighted by Crippen LogP contribution is 2.20. The Morgan fingerprint density at radius 3 is 2.54 bits per heavy atom. The molecule has 1 fully saturated rings. The van der Waals surface area contributed by atoms with E-state index in [0.717, 1.165) is 18.2 Å². The molecule has 1 aliphatic rings. The van der Waals surface area contributed by atoms with Crippen molar-refractivity contribution in [3.63, 3.8) is 0 Å². The van der Waals surface area contributed by atoms with Gasteiger partial charge in [-0.2, -0.15) is 12.6 Å². The highest BCUT2D eigenvalue weighted by atomic mass is 32.1. The molecular weight excluding hydrogens is 178 g/mol. The van der Waals surface area contributed by atoms with Crippen molar-refractivity contribution >= 4 is 12.6 Å². The van der Waals surface area contributed by atoms with Crippen molar-refractivity contribution in [2.75, 3.05) is 25.4 Å². The summed E-state index contributed by atoms with van der Waals surface area (Å²) in [6, 6.07) is 0. The number of hydrogen-bond acceptors (Lipinski definition) is 2. The van der Waals surface area contributed by atoms with E-state index in [0.29, 0.717) is 0 Å². The molecule has 0 spiro atoms. The van der Waals surface area contributed by atoms with Crippen LogP contribution >= 0.6 is 12.6 Å². The maximum atomic E-state index is 4.23. The summed E-state index contributed by atoms with van der Waals surface area (Å²) in [4.78, 5) is 2.50. The van der Waals surface area contributed by atoms with E-state index >= 15 is 0 Å². The Morgan fingerprint density at radius 1 is 1.46 bits per heavy atom. The fraction of sp³-hybridized carbons (Fsp3) is 0.818. The quantitative estimate of drug-likeness (QED) is 0.538. The lowest BCUT2D eigenvalue weighted by molar-refractivity contribution is 0.195. The van der Waals surface area contributed by atoms with Crippen LogP contribution in [0.2, 0.25) is 0 Å². The van der Waals surface area contributed by atoms with E-state index in [1.807, 2.05) is 0 Å². The predicted octanol–water partition coefficient (Wildman–Crippen LogP) is 2.59. The van der Waals surface area contributed by atoms with Gasteiger partial charge in [0.05, 0.1) is 0 Å². The highest BCUT2D eigenvalue weighted by molar-refractivity contribution is 7.80. The molecule has 0 aromatic heterocycles. The summed E-state index contributed by atoms with van der Waals surface area (Å²) in [7, 11) is 0. The van der Waals surface area contributed by atoms with Crippen LogP contribution in [0.3, 0.4) is 0 Å². The van der Waals surface area contributed by atoms with Crippen molar-refractivity contribution in [2.24, 2.45) is 5.92 Å². The molecule has 1 saturated heterocycles. The van der Waals surface area contributed by atoms with E-state index in [4.69, 9.17) is 0 Å². The van der Waals surface area contributed by atoms with Gasteiger partial charge in [-0.3, -0.25) is 4.90 Å². The van der Waals surface area contributed by atoms with Crippen LogP contribution in [0.4, 0.5) is 0 Å². The van der Waals surface area contributed by atoms with Gasteiger partial charge in [0.1, 0.15) is 0 Å². The molecule has 0 radical (unpaired) electrons. The number of rotatable bonds is 4. The maximum absolute atomic E-state index is 4.23. The molecule has 0 aromatic carbocycles. The Labute approximate surface area is 87.6 Å². The van der Waals surface area contributed by atoms with Gasteiger partial charge in [-0.05, 0) is 31.8 Å². The summed E-state index contributed by atoms with van der Waals surface area (Å²) in [5, 5.41) is 0. The van der Waals surface area contributed by atoms with Crippen LogP contribution in [-0.4, -0.2) is 30.3 Å². The molecule has 0 saturated carbocycles. The molecule has 1 nitrogen and oxygen atoms in total. The molecule has 0 amide bonds. The van der Waals surface area contributed by atoms with Gasteiger partial charge in [0, 0.05) is 12.3 Å². The molecule has 0 aromatic rings. The van der Waals surface area contributed by atoms with Crippen molar-refractivity contribution in [2.45, 2.75) is 26.2 Å². The van der Waals surface area contributed by atoms with Crippen molar-refractivity contribution in [1.29, 1.82) is 0 Å². The molecule has 2 heteroatoms. The molecule has 0 aliphatic carbocycles. The molecule has 1 heterocycles. The van der Waals surface area contributed by atoms with Crippen molar-refractivity contribution in [3.05, 3.63) is 12.2 Å².